The first-order valence-electron chi connectivity index (χ1n) is 5.65. The van der Waals surface area contributed by atoms with Crippen molar-refractivity contribution < 1.29 is 4.79 Å². The van der Waals surface area contributed by atoms with Gasteiger partial charge < -0.3 is 16.8 Å². The molecule has 1 aromatic rings. The molecule has 0 heterocycles. The van der Waals surface area contributed by atoms with Gasteiger partial charge in [-0.15, -0.1) is 0 Å². The Labute approximate surface area is 102 Å². The molecule has 1 aromatic carbocycles. The molecule has 0 radical (unpaired) electrons. The normalized spacial score (nSPS) is 10.6. The Morgan fingerprint density at radius 3 is 2.71 bits per heavy atom. The second-order valence-electron chi connectivity index (χ2n) is 3.92. The number of anilines is 2. The Hall–Kier alpha value is -1.59. The molecule has 5 nitrogen and oxygen atoms in total. The van der Waals surface area contributed by atoms with Crippen molar-refractivity contribution in [2.24, 2.45) is 5.73 Å². The van der Waals surface area contributed by atoms with E-state index in [2.05, 4.69) is 5.32 Å². The van der Waals surface area contributed by atoms with E-state index in [1.807, 2.05) is 30.9 Å². The second-order valence-corrected chi connectivity index (χ2v) is 3.92. The number of likely N-dealkylation sites (N-methyl/N-ethyl adjacent to an activating group) is 1. The molecule has 0 bridgehead atoms. The van der Waals surface area contributed by atoms with Crippen LogP contribution < -0.4 is 16.8 Å². The van der Waals surface area contributed by atoms with E-state index >= 15 is 0 Å². The number of hydrogen-bond donors (Lipinski definition) is 3. The third-order valence-electron chi connectivity index (χ3n) is 2.64. The van der Waals surface area contributed by atoms with Gasteiger partial charge in [-0.1, -0.05) is 19.1 Å². The Bertz CT molecular complexity index is 368. The number of carbonyl (C=O) groups excluding carboxylic acids is 1. The Morgan fingerprint density at radius 2 is 2.18 bits per heavy atom. The predicted octanol–water partition coefficient (Wildman–Crippen LogP) is 0.754. The fourth-order valence-electron chi connectivity index (χ4n) is 1.55. The van der Waals surface area contributed by atoms with Crippen molar-refractivity contribution in [1.29, 1.82) is 0 Å². The monoisotopic (exact) mass is 236 g/mol. The molecule has 0 unspecified atom stereocenters. The summed E-state index contributed by atoms with van der Waals surface area (Å²) in [4.78, 5) is 13.6. The average Bonchev–Trinajstić information content (AvgIpc) is 2.31. The topological polar surface area (TPSA) is 84.4 Å². The van der Waals surface area contributed by atoms with Crippen LogP contribution in [0.4, 0.5) is 11.4 Å². The summed E-state index contributed by atoms with van der Waals surface area (Å²) < 4.78 is 0. The van der Waals surface area contributed by atoms with Crippen LogP contribution in [0.3, 0.4) is 0 Å². The minimum absolute atomic E-state index is 0.0988. The van der Waals surface area contributed by atoms with Gasteiger partial charge in [-0.3, -0.25) is 9.69 Å². The van der Waals surface area contributed by atoms with Crippen molar-refractivity contribution in [2.45, 2.75) is 13.8 Å². The molecule has 94 valence electrons. The SMILES string of the molecule is CCN(CN)CC(=O)Nc1c(C)cccc1N. The molecule has 0 saturated heterocycles. The number of benzene rings is 1. The molecule has 0 spiro atoms. The van der Waals surface area contributed by atoms with Crippen molar-refractivity contribution in [3.8, 4) is 0 Å². The van der Waals surface area contributed by atoms with E-state index in [4.69, 9.17) is 11.5 Å². The number of rotatable bonds is 5. The van der Waals surface area contributed by atoms with Crippen LogP contribution in [-0.2, 0) is 4.79 Å². The molecule has 1 amide bonds. The van der Waals surface area contributed by atoms with Crippen molar-refractivity contribution in [1.82, 2.24) is 4.90 Å². The summed E-state index contributed by atoms with van der Waals surface area (Å²) >= 11 is 0. The number of hydrogen-bond acceptors (Lipinski definition) is 4. The fraction of sp³-hybridized carbons (Fsp3) is 0.417. The van der Waals surface area contributed by atoms with Crippen molar-refractivity contribution in [2.75, 3.05) is 30.8 Å². The molecule has 0 aromatic heterocycles. The largest absolute Gasteiger partial charge is 0.397 e. The summed E-state index contributed by atoms with van der Waals surface area (Å²) in [5, 5.41) is 2.82. The zero-order valence-electron chi connectivity index (χ0n) is 10.4. The Morgan fingerprint density at radius 1 is 1.47 bits per heavy atom. The number of carbonyl (C=O) groups is 1. The number of amides is 1. The van der Waals surface area contributed by atoms with Crippen LogP contribution in [0.5, 0.6) is 0 Å². The molecule has 17 heavy (non-hydrogen) atoms. The summed E-state index contributed by atoms with van der Waals surface area (Å²) in [6.45, 7) is 5.26. The van der Waals surface area contributed by atoms with E-state index in [1.165, 1.54) is 0 Å². The van der Waals surface area contributed by atoms with E-state index in [9.17, 15) is 4.79 Å². The second kappa shape index (κ2) is 6.22. The van der Waals surface area contributed by atoms with E-state index < -0.39 is 0 Å². The summed E-state index contributed by atoms with van der Waals surface area (Å²) in [5.74, 6) is -0.0988. The molecule has 0 atom stereocenters. The molecule has 5 heteroatoms. The molecular formula is C12H20N4O. The number of aryl methyl sites for hydroxylation is 1. The number of nitrogens with two attached hydrogens (primary N) is 2. The maximum Gasteiger partial charge on any atom is 0.238 e. The molecule has 0 aliphatic rings. The van der Waals surface area contributed by atoms with Crippen LogP contribution in [0.25, 0.3) is 0 Å². The van der Waals surface area contributed by atoms with Crippen LogP contribution in [-0.4, -0.2) is 30.6 Å². The lowest BCUT2D eigenvalue weighted by Crippen LogP contribution is -2.37. The number of nitrogens with zero attached hydrogens (tertiary/aromatic N) is 1. The standard InChI is InChI=1S/C12H20N4O/c1-3-16(8-13)7-11(17)15-12-9(2)5-4-6-10(12)14/h4-6H,3,7-8,13-14H2,1-2H3,(H,15,17). The van der Waals surface area contributed by atoms with Gasteiger partial charge in [-0.25, -0.2) is 0 Å². The highest BCUT2D eigenvalue weighted by Crippen LogP contribution is 2.22. The first-order chi connectivity index (χ1) is 8.08. The van der Waals surface area contributed by atoms with E-state index in [-0.39, 0.29) is 12.5 Å². The van der Waals surface area contributed by atoms with Crippen molar-refractivity contribution in [3.05, 3.63) is 23.8 Å². The Balaban J connectivity index is 2.68. The van der Waals surface area contributed by atoms with Crippen LogP contribution in [0.1, 0.15) is 12.5 Å². The highest BCUT2D eigenvalue weighted by Gasteiger charge is 2.10. The first-order valence-corrected chi connectivity index (χ1v) is 5.65. The third kappa shape index (κ3) is 3.72. The summed E-state index contributed by atoms with van der Waals surface area (Å²) in [6.07, 6.45) is 0. The third-order valence-corrected chi connectivity index (χ3v) is 2.64. The van der Waals surface area contributed by atoms with Crippen LogP contribution in [0.2, 0.25) is 0 Å². The minimum atomic E-state index is -0.0988. The fourth-order valence-corrected chi connectivity index (χ4v) is 1.55. The lowest BCUT2D eigenvalue weighted by Gasteiger charge is -2.18. The predicted molar refractivity (Wildman–Crippen MR) is 70.5 cm³/mol. The maximum atomic E-state index is 11.8. The van der Waals surface area contributed by atoms with Gasteiger partial charge in [0, 0.05) is 6.67 Å². The molecule has 0 aliphatic carbocycles. The highest BCUT2D eigenvalue weighted by molar-refractivity contribution is 5.96. The Kier molecular flexibility index (Phi) is 4.93. The van der Waals surface area contributed by atoms with Gasteiger partial charge in [0.15, 0.2) is 0 Å². The summed E-state index contributed by atoms with van der Waals surface area (Å²) in [6, 6.07) is 5.54. The summed E-state index contributed by atoms with van der Waals surface area (Å²) in [7, 11) is 0. The lowest BCUT2D eigenvalue weighted by atomic mass is 10.1. The number of para-hydroxylation sites is 1. The molecule has 0 aliphatic heterocycles. The zero-order valence-corrected chi connectivity index (χ0v) is 10.4. The minimum Gasteiger partial charge on any atom is -0.397 e. The number of nitrogen functional groups attached to an aromatic ring is 1. The lowest BCUT2D eigenvalue weighted by molar-refractivity contribution is -0.117. The van der Waals surface area contributed by atoms with E-state index in [0.717, 1.165) is 12.1 Å². The van der Waals surface area contributed by atoms with Crippen molar-refractivity contribution >= 4 is 17.3 Å². The molecular weight excluding hydrogens is 216 g/mol. The smallest absolute Gasteiger partial charge is 0.238 e. The van der Waals surface area contributed by atoms with Crippen LogP contribution >= 0.6 is 0 Å². The van der Waals surface area contributed by atoms with E-state index in [1.54, 1.807) is 6.07 Å². The van der Waals surface area contributed by atoms with Crippen molar-refractivity contribution in [3.63, 3.8) is 0 Å². The molecule has 1 rings (SSSR count). The van der Waals surface area contributed by atoms with Gasteiger partial charge in [-0.2, -0.15) is 0 Å². The van der Waals surface area contributed by atoms with Crippen LogP contribution in [0.15, 0.2) is 18.2 Å². The van der Waals surface area contributed by atoms with Gasteiger partial charge in [0.25, 0.3) is 0 Å². The highest BCUT2D eigenvalue weighted by atomic mass is 16.2. The molecule has 5 N–H and O–H groups in total. The summed E-state index contributed by atoms with van der Waals surface area (Å²) in [5.41, 5.74) is 13.5. The van der Waals surface area contributed by atoms with Gasteiger partial charge in [0.05, 0.1) is 17.9 Å². The maximum absolute atomic E-state index is 11.8. The van der Waals surface area contributed by atoms with E-state index in [0.29, 0.717) is 18.0 Å². The van der Waals surface area contributed by atoms with Gasteiger partial charge >= 0.3 is 0 Å². The quantitative estimate of drug-likeness (QED) is 0.520. The van der Waals surface area contributed by atoms with Gasteiger partial charge in [0.2, 0.25) is 5.91 Å². The van der Waals surface area contributed by atoms with Crippen LogP contribution in [0, 0.1) is 6.92 Å². The van der Waals surface area contributed by atoms with Gasteiger partial charge in [-0.05, 0) is 25.1 Å². The first kappa shape index (κ1) is 13.5. The number of nitrogens with one attached hydrogen (secondary N) is 1. The average molecular weight is 236 g/mol. The molecule has 0 fully saturated rings. The zero-order chi connectivity index (χ0) is 12.8. The van der Waals surface area contributed by atoms with Gasteiger partial charge in [0.1, 0.15) is 0 Å². The molecule has 0 saturated carbocycles.